The molecular formula is C20H18ClN3O3S. The third kappa shape index (κ3) is 3.43. The molecule has 8 heteroatoms. The summed E-state index contributed by atoms with van der Waals surface area (Å²) in [5, 5.41) is 4.37. The van der Waals surface area contributed by atoms with E-state index in [1.807, 2.05) is 30.3 Å². The van der Waals surface area contributed by atoms with Crippen LogP contribution in [0, 0.1) is 13.8 Å². The zero-order valence-electron chi connectivity index (χ0n) is 15.4. The van der Waals surface area contributed by atoms with E-state index in [1.165, 1.54) is 5.56 Å². The van der Waals surface area contributed by atoms with E-state index in [1.54, 1.807) is 26.0 Å². The molecule has 1 aromatic heterocycles. The number of fused-ring (bicyclic) bond motifs is 1. The second-order valence-electron chi connectivity index (χ2n) is 6.62. The fraction of sp³-hybridized carbons (Fsp3) is 0.200. The predicted octanol–water partition coefficient (Wildman–Crippen LogP) is 4.14. The Labute approximate surface area is 168 Å². The van der Waals surface area contributed by atoms with Gasteiger partial charge in [0, 0.05) is 28.4 Å². The first-order chi connectivity index (χ1) is 13.3. The molecule has 28 heavy (non-hydrogen) atoms. The highest BCUT2D eigenvalue weighted by Crippen LogP contribution is 2.26. The molecule has 0 aliphatic carbocycles. The highest BCUT2D eigenvalue weighted by Gasteiger charge is 2.24. The molecule has 1 N–H and O–H groups in total. The topological polar surface area (TPSA) is 84.6 Å². The molecule has 0 saturated carbocycles. The lowest BCUT2D eigenvalue weighted by molar-refractivity contribution is 0.390. The SMILES string of the molecule is Cc1noc(C)c1S(=O)(=O)Nc1ccc(C2=NCCc3ccc(Cl)cc32)cc1. The predicted molar refractivity (Wildman–Crippen MR) is 109 cm³/mol. The van der Waals surface area contributed by atoms with Crippen LogP contribution in [0.2, 0.25) is 5.02 Å². The minimum Gasteiger partial charge on any atom is -0.360 e. The van der Waals surface area contributed by atoms with Crippen molar-refractivity contribution in [3.63, 3.8) is 0 Å². The second kappa shape index (κ2) is 7.07. The summed E-state index contributed by atoms with van der Waals surface area (Å²) in [6.45, 7) is 3.88. The monoisotopic (exact) mass is 415 g/mol. The number of aromatic nitrogens is 1. The van der Waals surface area contributed by atoms with Gasteiger partial charge in [0.25, 0.3) is 10.0 Å². The van der Waals surface area contributed by atoms with Crippen molar-refractivity contribution in [3.05, 3.63) is 75.6 Å². The quantitative estimate of drug-likeness (QED) is 0.694. The summed E-state index contributed by atoms with van der Waals surface area (Å²) in [5.74, 6) is 0.256. The van der Waals surface area contributed by atoms with Crippen LogP contribution in [0.5, 0.6) is 0 Å². The molecule has 0 fully saturated rings. The molecule has 6 nitrogen and oxygen atoms in total. The number of aryl methyl sites for hydroxylation is 2. The van der Waals surface area contributed by atoms with E-state index in [0.29, 0.717) is 22.9 Å². The Morgan fingerprint density at radius 3 is 2.54 bits per heavy atom. The van der Waals surface area contributed by atoms with Crippen LogP contribution in [0.3, 0.4) is 0 Å². The van der Waals surface area contributed by atoms with Crippen molar-refractivity contribution in [1.82, 2.24) is 5.16 Å². The number of rotatable bonds is 4. The van der Waals surface area contributed by atoms with E-state index in [0.717, 1.165) is 23.3 Å². The van der Waals surface area contributed by atoms with Crippen molar-refractivity contribution in [2.75, 3.05) is 11.3 Å². The van der Waals surface area contributed by atoms with Crippen LogP contribution in [0.4, 0.5) is 5.69 Å². The van der Waals surface area contributed by atoms with Gasteiger partial charge in [-0.05, 0) is 50.1 Å². The highest BCUT2D eigenvalue weighted by molar-refractivity contribution is 7.92. The van der Waals surface area contributed by atoms with Crippen LogP contribution in [-0.4, -0.2) is 25.8 Å². The molecule has 1 aliphatic heterocycles. The minimum atomic E-state index is -3.78. The first-order valence-electron chi connectivity index (χ1n) is 8.74. The number of aliphatic imine (C=N–C) groups is 1. The van der Waals surface area contributed by atoms with Crippen LogP contribution >= 0.6 is 11.6 Å². The Hall–Kier alpha value is -2.64. The Morgan fingerprint density at radius 1 is 1.11 bits per heavy atom. The lowest BCUT2D eigenvalue weighted by atomic mass is 9.93. The van der Waals surface area contributed by atoms with Crippen molar-refractivity contribution in [2.45, 2.75) is 25.2 Å². The zero-order valence-corrected chi connectivity index (χ0v) is 16.9. The van der Waals surface area contributed by atoms with Crippen LogP contribution in [0.15, 0.2) is 56.9 Å². The summed E-state index contributed by atoms with van der Waals surface area (Å²) in [6.07, 6.45) is 0.880. The highest BCUT2D eigenvalue weighted by atomic mass is 35.5. The maximum atomic E-state index is 12.6. The van der Waals surface area contributed by atoms with Gasteiger partial charge >= 0.3 is 0 Å². The van der Waals surface area contributed by atoms with Gasteiger partial charge in [0.1, 0.15) is 5.69 Å². The number of hydrogen-bond acceptors (Lipinski definition) is 5. The molecule has 0 amide bonds. The third-order valence-corrected chi connectivity index (χ3v) is 6.49. The average Bonchev–Trinajstić information content (AvgIpc) is 3.01. The van der Waals surface area contributed by atoms with E-state index in [9.17, 15) is 8.42 Å². The van der Waals surface area contributed by atoms with Gasteiger partial charge in [-0.1, -0.05) is 35.0 Å². The fourth-order valence-electron chi connectivity index (χ4n) is 3.37. The molecule has 2 heterocycles. The van der Waals surface area contributed by atoms with Crippen LogP contribution in [0.1, 0.15) is 28.1 Å². The Kier molecular flexibility index (Phi) is 4.72. The number of hydrogen-bond donors (Lipinski definition) is 1. The van der Waals surface area contributed by atoms with E-state index >= 15 is 0 Å². The normalized spacial score (nSPS) is 13.8. The molecule has 0 atom stereocenters. The number of nitrogens with one attached hydrogen (secondary N) is 1. The van der Waals surface area contributed by atoms with Crippen molar-refractivity contribution < 1.29 is 12.9 Å². The standard InChI is InChI=1S/C20H18ClN3O3S/c1-12-20(13(2)27-23-12)28(25,26)24-17-7-4-15(5-8-17)19-18-11-16(21)6-3-14(18)9-10-22-19/h3-8,11,24H,9-10H2,1-2H3. The van der Waals surface area contributed by atoms with Crippen molar-refractivity contribution >= 4 is 33.0 Å². The smallest absolute Gasteiger partial charge is 0.267 e. The van der Waals surface area contributed by atoms with Gasteiger partial charge in [-0.2, -0.15) is 0 Å². The summed E-state index contributed by atoms with van der Waals surface area (Å²) in [7, 11) is -3.78. The van der Waals surface area contributed by atoms with E-state index < -0.39 is 10.0 Å². The van der Waals surface area contributed by atoms with Gasteiger partial charge in [0.15, 0.2) is 10.7 Å². The van der Waals surface area contributed by atoms with Gasteiger partial charge in [-0.3, -0.25) is 9.71 Å². The molecule has 1 aliphatic rings. The lowest BCUT2D eigenvalue weighted by Crippen LogP contribution is -2.16. The van der Waals surface area contributed by atoms with Crippen molar-refractivity contribution in [1.29, 1.82) is 0 Å². The number of halogens is 1. The Bertz CT molecular complexity index is 1160. The second-order valence-corrected chi connectivity index (χ2v) is 8.67. The van der Waals surface area contributed by atoms with Gasteiger partial charge in [-0.15, -0.1) is 0 Å². The first-order valence-corrected chi connectivity index (χ1v) is 10.6. The first kappa shape index (κ1) is 18.7. The van der Waals surface area contributed by atoms with Crippen LogP contribution < -0.4 is 4.72 Å². The maximum absolute atomic E-state index is 12.6. The van der Waals surface area contributed by atoms with Crippen LogP contribution in [0.25, 0.3) is 0 Å². The molecule has 4 rings (SSSR count). The van der Waals surface area contributed by atoms with Gasteiger partial charge < -0.3 is 4.52 Å². The summed E-state index contributed by atoms with van der Waals surface area (Å²) in [6, 6.07) is 13.0. The van der Waals surface area contributed by atoms with Gasteiger partial charge in [-0.25, -0.2) is 8.42 Å². The third-order valence-electron chi connectivity index (χ3n) is 4.63. The zero-order chi connectivity index (χ0) is 19.9. The molecule has 0 bridgehead atoms. The van der Waals surface area contributed by atoms with Crippen molar-refractivity contribution in [3.8, 4) is 0 Å². The van der Waals surface area contributed by atoms with Gasteiger partial charge in [0.2, 0.25) is 0 Å². The molecule has 0 unspecified atom stereocenters. The van der Waals surface area contributed by atoms with Crippen LogP contribution in [-0.2, 0) is 16.4 Å². The fourth-order valence-corrected chi connectivity index (χ4v) is 4.93. The molecule has 2 aromatic carbocycles. The number of sulfonamides is 1. The Morgan fingerprint density at radius 2 is 1.86 bits per heavy atom. The van der Waals surface area contributed by atoms with E-state index in [4.69, 9.17) is 16.1 Å². The maximum Gasteiger partial charge on any atom is 0.267 e. The van der Waals surface area contributed by atoms with E-state index in [2.05, 4.69) is 14.9 Å². The van der Waals surface area contributed by atoms with Crippen molar-refractivity contribution in [2.24, 2.45) is 4.99 Å². The largest absolute Gasteiger partial charge is 0.360 e. The van der Waals surface area contributed by atoms with Gasteiger partial charge in [0.05, 0.1) is 5.71 Å². The number of anilines is 1. The minimum absolute atomic E-state index is 0.0665. The molecular weight excluding hydrogens is 398 g/mol. The average molecular weight is 416 g/mol. The summed E-state index contributed by atoms with van der Waals surface area (Å²) in [5.41, 5.74) is 4.77. The number of benzene rings is 2. The molecule has 3 aromatic rings. The number of nitrogens with zero attached hydrogens (tertiary/aromatic N) is 2. The Balaban J connectivity index is 1.62. The molecule has 0 spiro atoms. The summed E-state index contributed by atoms with van der Waals surface area (Å²) in [4.78, 5) is 4.72. The molecule has 144 valence electrons. The summed E-state index contributed by atoms with van der Waals surface area (Å²) >= 11 is 6.16. The van der Waals surface area contributed by atoms with E-state index in [-0.39, 0.29) is 10.7 Å². The lowest BCUT2D eigenvalue weighted by Gasteiger charge is -2.18. The molecule has 0 saturated heterocycles. The molecule has 0 radical (unpaired) electrons. The summed E-state index contributed by atoms with van der Waals surface area (Å²) < 4.78 is 32.8.